The molecule has 1 aliphatic heterocycles. The summed E-state index contributed by atoms with van der Waals surface area (Å²) in [7, 11) is 1.72. The Bertz CT molecular complexity index is 539. The summed E-state index contributed by atoms with van der Waals surface area (Å²) in [6.45, 7) is 0. The van der Waals surface area contributed by atoms with Gasteiger partial charge >= 0.3 is 5.88 Å². The predicted molar refractivity (Wildman–Crippen MR) is 64.5 cm³/mol. The molecule has 1 aromatic carbocycles. The molecule has 0 radical (unpaired) electrons. The summed E-state index contributed by atoms with van der Waals surface area (Å²) in [5, 5.41) is 0. The van der Waals surface area contributed by atoms with E-state index < -0.39 is 0 Å². The molecule has 0 saturated carbocycles. The molecule has 3 rings (SSSR count). The van der Waals surface area contributed by atoms with Gasteiger partial charge in [0.25, 0.3) is 0 Å². The van der Waals surface area contributed by atoms with E-state index in [-0.39, 0.29) is 0 Å². The summed E-state index contributed by atoms with van der Waals surface area (Å²) in [5.74, 6) is 1.83. The lowest BCUT2D eigenvalue weighted by atomic mass is 10.1. The average molecular weight is 230 g/mol. The minimum absolute atomic E-state index is 0.913. The second kappa shape index (κ2) is 3.83. The number of ether oxygens (including phenoxy) is 1. The highest BCUT2D eigenvalue weighted by Gasteiger charge is 2.25. The van der Waals surface area contributed by atoms with Crippen molar-refractivity contribution in [3.8, 4) is 17.1 Å². The van der Waals surface area contributed by atoms with E-state index in [0.29, 0.717) is 0 Å². The molecule has 2 heterocycles. The lowest BCUT2D eigenvalue weighted by Gasteiger charge is -2.14. The fourth-order valence-electron chi connectivity index (χ4n) is 2.01. The number of nitrogens with zero attached hydrogens (tertiary/aromatic N) is 1. The first-order valence-corrected chi connectivity index (χ1v) is 6.18. The van der Waals surface area contributed by atoms with Crippen LogP contribution in [0.1, 0.15) is 0 Å². The molecule has 0 unspecified atom stereocenters. The first-order chi connectivity index (χ1) is 7.90. The Hall–Kier alpha value is -1.48. The normalized spacial score (nSPS) is 12.8. The van der Waals surface area contributed by atoms with Crippen LogP contribution in [0.15, 0.2) is 47.4 Å². The van der Waals surface area contributed by atoms with Crippen molar-refractivity contribution in [1.29, 1.82) is 0 Å². The summed E-state index contributed by atoms with van der Waals surface area (Å²) in [6.07, 6.45) is 0. The molecular formula is C13H12NOS+. The highest BCUT2D eigenvalue weighted by atomic mass is 32.2. The van der Waals surface area contributed by atoms with Crippen LogP contribution in [0.3, 0.4) is 0 Å². The van der Waals surface area contributed by atoms with Gasteiger partial charge in [0.1, 0.15) is 0 Å². The van der Waals surface area contributed by atoms with Crippen molar-refractivity contribution in [3.63, 3.8) is 0 Å². The molecule has 80 valence electrons. The summed E-state index contributed by atoms with van der Waals surface area (Å²) in [4.78, 5) is 1.34. The SMILES string of the molecule is COc1cccc2[n+]1CSc1ccccc1-2. The minimum Gasteiger partial charge on any atom is -0.448 e. The van der Waals surface area contributed by atoms with Crippen molar-refractivity contribution in [2.75, 3.05) is 7.11 Å². The first kappa shape index (κ1) is 9.73. The Morgan fingerprint density at radius 2 is 2.00 bits per heavy atom. The van der Waals surface area contributed by atoms with Crippen molar-refractivity contribution >= 4 is 11.8 Å². The van der Waals surface area contributed by atoms with Gasteiger partial charge < -0.3 is 4.74 Å². The van der Waals surface area contributed by atoms with Gasteiger partial charge in [0.2, 0.25) is 11.6 Å². The van der Waals surface area contributed by atoms with E-state index in [1.165, 1.54) is 16.2 Å². The van der Waals surface area contributed by atoms with Gasteiger partial charge in [-0.3, -0.25) is 0 Å². The Balaban J connectivity index is 2.25. The molecule has 0 N–H and O–H groups in total. The number of benzene rings is 1. The van der Waals surface area contributed by atoms with Crippen molar-refractivity contribution in [1.82, 2.24) is 0 Å². The van der Waals surface area contributed by atoms with Gasteiger partial charge in [0.15, 0.2) is 0 Å². The van der Waals surface area contributed by atoms with Crippen molar-refractivity contribution in [2.24, 2.45) is 0 Å². The standard InChI is InChI=1S/C13H12NOS/c1-15-13-8-4-6-11-10-5-2-3-7-12(10)16-9-14(11)13/h2-8H,9H2,1H3/q+1. The largest absolute Gasteiger partial charge is 0.448 e. The van der Waals surface area contributed by atoms with E-state index >= 15 is 0 Å². The van der Waals surface area contributed by atoms with Crippen LogP contribution >= 0.6 is 11.8 Å². The fraction of sp³-hybridized carbons (Fsp3) is 0.154. The molecule has 0 spiro atoms. The molecule has 1 aliphatic rings. The monoisotopic (exact) mass is 230 g/mol. The van der Waals surface area contributed by atoms with Gasteiger partial charge in [0.05, 0.1) is 18.7 Å². The quantitative estimate of drug-likeness (QED) is 0.699. The van der Waals surface area contributed by atoms with Gasteiger partial charge in [-0.2, -0.15) is 0 Å². The van der Waals surface area contributed by atoms with E-state index in [1.54, 1.807) is 7.11 Å². The van der Waals surface area contributed by atoms with Crippen molar-refractivity contribution in [3.05, 3.63) is 42.5 Å². The lowest BCUT2D eigenvalue weighted by molar-refractivity contribution is -0.671. The summed E-state index contributed by atoms with van der Waals surface area (Å²) >= 11 is 1.84. The molecule has 0 bridgehead atoms. The highest BCUT2D eigenvalue weighted by molar-refractivity contribution is 7.98. The van der Waals surface area contributed by atoms with Crippen LogP contribution in [0.2, 0.25) is 0 Å². The molecular weight excluding hydrogens is 218 g/mol. The average Bonchev–Trinajstić information content (AvgIpc) is 2.37. The van der Waals surface area contributed by atoms with E-state index in [2.05, 4.69) is 34.9 Å². The fourth-order valence-corrected chi connectivity index (χ4v) is 3.04. The Morgan fingerprint density at radius 3 is 2.88 bits per heavy atom. The van der Waals surface area contributed by atoms with Crippen LogP contribution in [0.25, 0.3) is 11.3 Å². The minimum atomic E-state index is 0.913. The first-order valence-electron chi connectivity index (χ1n) is 5.19. The van der Waals surface area contributed by atoms with Gasteiger partial charge in [-0.05, 0) is 18.2 Å². The number of pyridine rings is 1. The summed E-state index contributed by atoms with van der Waals surface area (Å²) in [5.41, 5.74) is 2.52. The highest BCUT2D eigenvalue weighted by Crippen LogP contribution is 2.34. The lowest BCUT2D eigenvalue weighted by Crippen LogP contribution is -2.38. The van der Waals surface area contributed by atoms with E-state index in [0.717, 1.165) is 11.8 Å². The van der Waals surface area contributed by atoms with Crippen molar-refractivity contribution < 1.29 is 9.30 Å². The second-order valence-electron chi connectivity index (χ2n) is 3.65. The Kier molecular flexibility index (Phi) is 2.33. The smallest absolute Gasteiger partial charge is 0.368 e. The van der Waals surface area contributed by atoms with Crippen LogP contribution in [-0.4, -0.2) is 7.11 Å². The maximum absolute atomic E-state index is 5.38. The van der Waals surface area contributed by atoms with E-state index in [1.807, 2.05) is 23.9 Å². The topological polar surface area (TPSA) is 13.1 Å². The number of methoxy groups -OCH3 is 1. The zero-order chi connectivity index (χ0) is 11.0. The van der Waals surface area contributed by atoms with Crippen LogP contribution < -0.4 is 9.30 Å². The second-order valence-corrected chi connectivity index (χ2v) is 4.64. The van der Waals surface area contributed by atoms with E-state index in [4.69, 9.17) is 4.74 Å². The molecule has 2 nitrogen and oxygen atoms in total. The predicted octanol–water partition coefficient (Wildman–Crippen LogP) is 2.71. The third-order valence-electron chi connectivity index (χ3n) is 2.77. The molecule has 0 aliphatic carbocycles. The Labute approximate surface area is 98.9 Å². The number of hydrogen-bond donors (Lipinski definition) is 0. The summed E-state index contributed by atoms with van der Waals surface area (Å²) < 4.78 is 7.58. The number of aromatic nitrogens is 1. The van der Waals surface area contributed by atoms with Crippen LogP contribution in [-0.2, 0) is 5.88 Å². The number of hydrogen-bond acceptors (Lipinski definition) is 2. The number of rotatable bonds is 1. The molecule has 0 saturated heterocycles. The maximum atomic E-state index is 5.38. The number of fused-ring (bicyclic) bond motifs is 3. The van der Waals surface area contributed by atoms with Gasteiger partial charge in [-0.25, -0.2) is 0 Å². The maximum Gasteiger partial charge on any atom is 0.368 e. The van der Waals surface area contributed by atoms with Crippen LogP contribution in [0, 0.1) is 0 Å². The zero-order valence-electron chi connectivity index (χ0n) is 9.01. The van der Waals surface area contributed by atoms with Gasteiger partial charge in [-0.15, -0.1) is 4.57 Å². The molecule has 0 amide bonds. The Morgan fingerprint density at radius 1 is 1.12 bits per heavy atom. The molecule has 1 aromatic heterocycles. The molecule has 3 heteroatoms. The zero-order valence-corrected chi connectivity index (χ0v) is 9.83. The van der Waals surface area contributed by atoms with Crippen molar-refractivity contribution in [2.45, 2.75) is 10.8 Å². The van der Waals surface area contributed by atoms with Gasteiger partial charge in [0, 0.05) is 11.0 Å². The molecule has 0 atom stereocenters. The third kappa shape index (κ3) is 1.39. The van der Waals surface area contributed by atoms with Crippen LogP contribution in [0.4, 0.5) is 0 Å². The molecule has 0 fully saturated rings. The van der Waals surface area contributed by atoms with E-state index in [9.17, 15) is 0 Å². The molecule has 16 heavy (non-hydrogen) atoms. The summed E-state index contributed by atoms with van der Waals surface area (Å²) in [6, 6.07) is 14.7. The van der Waals surface area contributed by atoms with Crippen LogP contribution in [0.5, 0.6) is 5.88 Å². The third-order valence-corrected chi connectivity index (χ3v) is 3.83. The number of thioether (sulfide) groups is 1. The van der Waals surface area contributed by atoms with Gasteiger partial charge in [-0.1, -0.05) is 23.9 Å². The molecule has 2 aromatic rings.